The lowest BCUT2D eigenvalue weighted by atomic mass is 10.1. The predicted molar refractivity (Wildman–Crippen MR) is 99.2 cm³/mol. The molecule has 2 aromatic carbocycles. The van der Waals surface area contributed by atoms with E-state index in [9.17, 15) is 14.7 Å². The summed E-state index contributed by atoms with van der Waals surface area (Å²) in [5.74, 6) is -0.305. The number of benzene rings is 2. The average molecular weight is 357 g/mol. The Hall–Kier alpha value is -3.02. The van der Waals surface area contributed by atoms with E-state index >= 15 is 0 Å². The first-order chi connectivity index (χ1) is 12.3. The lowest BCUT2D eigenvalue weighted by Crippen LogP contribution is -2.17. The number of hydrogen-bond acceptors (Lipinski definition) is 4. The van der Waals surface area contributed by atoms with Crippen LogP contribution in [0.1, 0.15) is 35.3 Å². The topological polar surface area (TPSA) is 84.9 Å². The van der Waals surface area contributed by atoms with Gasteiger partial charge in [-0.3, -0.25) is 4.79 Å². The summed E-state index contributed by atoms with van der Waals surface area (Å²) in [6.45, 7) is 5.65. The zero-order chi connectivity index (χ0) is 19.3. The Morgan fingerprint density at radius 3 is 2.42 bits per heavy atom. The van der Waals surface area contributed by atoms with Gasteiger partial charge in [0.25, 0.3) is 0 Å². The van der Waals surface area contributed by atoms with Gasteiger partial charge in [0.1, 0.15) is 11.5 Å². The van der Waals surface area contributed by atoms with Crippen LogP contribution in [0.3, 0.4) is 0 Å². The minimum Gasteiger partial charge on any atom is -0.496 e. The Morgan fingerprint density at radius 1 is 1.12 bits per heavy atom. The van der Waals surface area contributed by atoms with Gasteiger partial charge in [0.2, 0.25) is 5.91 Å². The summed E-state index contributed by atoms with van der Waals surface area (Å²) in [5, 5.41) is 11.9. The third kappa shape index (κ3) is 4.99. The van der Waals surface area contributed by atoms with Gasteiger partial charge < -0.3 is 19.9 Å². The van der Waals surface area contributed by atoms with Crippen molar-refractivity contribution in [2.24, 2.45) is 0 Å². The number of rotatable bonds is 7. The van der Waals surface area contributed by atoms with Crippen molar-refractivity contribution in [3.05, 3.63) is 53.1 Å². The van der Waals surface area contributed by atoms with Crippen molar-refractivity contribution in [1.82, 2.24) is 0 Å². The van der Waals surface area contributed by atoms with Crippen LogP contribution >= 0.6 is 0 Å². The molecule has 0 bridgehead atoms. The van der Waals surface area contributed by atoms with E-state index in [2.05, 4.69) is 5.32 Å². The Kier molecular flexibility index (Phi) is 6.22. The molecule has 0 aliphatic rings. The SMILES string of the molecule is COc1ccc(C)cc1CC(=O)Nc1cc(C(=O)O)ccc1OC(C)C. The van der Waals surface area contributed by atoms with Crippen molar-refractivity contribution in [2.45, 2.75) is 33.3 Å². The number of nitrogens with one attached hydrogen (secondary N) is 1. The maximum atomic E-state index is 12.5. The molecule has 0 aliphatic heterocycles. The highest BCUT2D eigenvalue weighted by Gasteiger charge is 2.15. The number of anilines is 1. The van der Waals surface area contributed by atoms with E-state index in [0.717, 1.165) is 11.1 Å². The third-order valence-corrected chi connectivity index (χ3v) is 3.65. The van der Waals surface area contributed by atoms with Gasteiger partial charge in [-0.2, -0.15) is 0 Å². The average Bonchev–Trinajstić information content (AvgIpc) is 2.56. The summed E-state index contributed by atoms with van der Waals surface area (Å²) in [4.78, 5) is 23.7. The molecule has 6 nitrogen and oxygen atoms in total. The van der Waals surface area contributed by atoms with E-state index in [4.69, 9.17) is 9.47 Å². The van der Waals surface area contributed by atoms with Crippen molar-refractivity contribution in [1.29, 1.82) is 0 Å². The summed E-state index contributed by atoms with van der Waals surface area (Å²) in [6, 6.07) is 10.00. The van der Waals surface area contributed by atoms with E-state index in [1.807, 2.05) is 39.0 Å². The highest BCUT2D eigenvalue weighted by Crippen LogP contribution is 2.28. The van der Waals surface area contributed by atoms with Crippen molar-refractivity contribution in [3.8, 4) is 11.5 Å². The van der Waals surface area contributed by atoms with Gasteiger partial charge >= 0.3 is 5.97 Å². The van der Waals surface area contributed by atoms with Crippen LogP contribution in [0.15, 0.2) is 36.4 Å². The molecular formula is C20H23NO5. The fourth-order valence-electron chi connectivity index (χ4n) is 2.53. The maximum absolute atomic E-state index is 12.5. The minimum absolute atomic E-state index is 0.0737. The monoisotopic (exact) mass is 357 g/mol. The third-order valence-electron chi connectivity index (χ3n) is 3.65. The van der Waals surface area contributed by atoms with Crippen molar-refractivity contribution >= 4 is 17.6 Å². The van der Waals surface area contributed by atoms with Gasteiger partial charge in [0, 0.05) is 5.56 Å². The van der Waals surface area contributed by atoms with Crippen LogP contribution in [0.5, 0.6) is 11.5 Å². The Morgan fingerprint density at radius 2 is 1.81 bits per heavy atom. The van der Waals surface area contributed by atoms with Gasteiger partial charge in [0.05, 0.1) is 30.9 Å². The second kappa shape index (κ2) is 8.38. The number of carbonyl (C=O) groups excluding carboxylic acids is 1. The van der Waals surface area contributed by atoms with Crippen LogP contribution in [0, 0.1) is 6.92 Å². The number of carboxylic acids is 1. The van der Waals surface area contributed by atoms with Crippen LogP contribution in [0.2, 0.25) is 0 Å². The Bertz CT molecular complexity index is 814. The fourth-order valence-corrected chi connectivity index (χ4v) is 2.53. The Balaban J connectivity index is 2.26. The van der Waals surface area contributed by atoms with E-state index in [0.29, 0.717) is 17.2 Å². The van der Waals surface area contributed by atoms with E-state index in [-0.39, 0.29) is 24.0 Å². The molecule has 0 aliphatic carbocycles. The largest absolute Gasteiger partial charge is 0.496 e. The maximum Gasteiger partial charge on any atom is 0.335 e. The molecule has 0 atom stereocenters. The van der Waals surface area contributed by atoms with Gasteiger partial charge in [-0.05, 0) is 45.0 Å². The van der Waals surface area contributed by atoms with E-state index in [1.165, 1.54) is 12.1 Å². The summed E-state index contributed by atoms with van der Waals surface area (Å²) in [6.07, 6.45) is -0.0123. The van der Waals surface area contributed by atoms with Crippen molar-refractivity contribution in [3.63, 3.8) is 0 Å². The molecule has 138 valence electrons. The normalized spacial score (nSPS) is 10.5. The zero-order valence-corrected chi connectivity index (χ0v) is 15.3. The number of aryl methyl sites for hydroxylation is 1. The number of hydrogen-bond donors (Lipinski definition) is 2. The zero-order valence-electron chi connectivity index (χ0n) is 15.3. The molecule has 2 rings (SSSR count). The van der Waals surface area contributed by atoms with Gasteiger partial charge in [-0.1, -0.05) is 17.7 Å². The molecule has 2 N–H and O–H groups in total. The molecule has 0 radical (unpaired) electrons. The minimum atomic E-state index is -1.07. The van der Waals surface area contributed by atoms with E-state index in [1.54, 1.807) is 13.2 Å². The number of carboxylic acid groups (broad SMARTS) is 1. The second-order valence-electron chi connectivity index (χ2n) is 6.22. The van der Waals surface area contributed by atoms with Gasteiger partial charge in [-0.25, -0.2) is 4.79 Å². The number of amides is 1. The van der Waals surface area contributed by atoms with Crippen LogP contribution in [-0.4, -0.2) is 30.2 Å². The predicted octanol–water partition coefficient (Wildman–Crippen LogP) is 3.67. The first kappa shape index (κ1) is 19.3. The second-order valence-corrected chi connectivity index (χ2v) is 6.22. The summed E-state index contributed by atoms with van der Waals surface area (Å²) < 4.78 is 11.0. The van der Waals surface area contributed by atoms with Crippen molar-refractivity contribution < 1.29 is 24.2 Å². The standard InChI is InChI=1S/C20H23NO5/c1-12(2)26-18-8-6-14(20(23)24)10-16(18)21-19(22)11-15-9-13(3)5-7-17(15)25-4/h5-10,12H,11H2,1-4H3,(H,21,22)(H,23,24). The molecule has 0 saturated carbocycles. The number of carbonyl (C=O) groups is 2. The molecule has 26 heavy (non-hydrogen) atoms. The lowest BCUT2D eigenvalue weighted by molar-refractivity contribution is -0.115. The smallest absolute Gasteiger partial charge is 0.335 e. The molecular weight excluding hydrogens is 334 g/mol. The number of ether oxygens (including phenoxy) is 2. The molecule has 0 aromatic heterocycles. The van der Waals surface area contributed by atoms with E-state index < -0.39 is 5.97 Å². The summed E-state index contributed by atoms with van der Waals surface area (Å²) >= 11 is 0. The van der Waals surface area contributed by atoms with Crippen molar-refractivity contribution in [2.75, 3.05) is 12.4 Å². The molecule has 1 amide bonds. The molecule has 0 spiro atoms. The highest BCUT2D eigenvalue weighted by atomic mass is 16.5. The molecule has 0 saturated heterocycles. The molecule has 0 unspecified atom stereocenters. The first-order valence-electron chi connectivity index (χ1n) is 8.27. The Labute approximate surface area is 152 Å². The number of aromatic carboxylic acids is 1. The lowest BCUT2D eigenvalue weighted by Gasteiger charge is -2.16. The van der Waals surface area contributed by atoms with Crippen LogP contribution in [0.25, 0.3) is 0 Å². The van der Waals surface area contributed by atoms with Gasteiger partial charge in [-0.15, -0.1) is 0 Å². The van der Waals surface area contributed by atoms with Crippen LogP contribution in [0.4, 0.5) is 5.69 Å². The molecule has 0 heterocycles. The highest BCUT2D eigenvalue weighted by molar-refractivity contribution is 5.96. The summed E-state index contributed by atoms with van der Waals surface area (Å²) in [7, 11) is 1.55. The van der Waals surface area contributed by atoms with Crippen LogP contribution in [-0.2, 0) is 11.2 Å². The molecule has 0 fully saturated rings. The number of methoxy groups -OCH3 is 1. The fraction of sp³-hybridized carbons (Fsp3) is 0.300. The van der Waals surface area contributed by atoms with Gasteiger partial charge in [0.15, 0.2) is 0 Å². The molecule has 2 aromatic rings. The van der Waals surface area contributed by atoms with Crippen LogP contribution < -0.4 is 14.8 Å². The summed E-state index contributed by atoms with van der Waals surface area (Å²) in [5.41, 5.74) is 2.18. The molecule has 6 heteroatoms. The first-order valence-corrected chi connectivity index (χ1v) is 8.27. The quantitative estimate of drug-likeness (QED) is 0.790.